The van der Waals surface area contributed by atoms with Gasteiger partial charge in [-0.1, -0.05) is 30.3 Å². The molecule has 0 aliphatic rings. The Bertz CT molecular complexity index is 317. The summed E-state index contributed by atoms with van der Waals surface area (Å²) in [4.78, 5) is 22.7. The molecule has 3 nitrogen and oxygen atoms in total. The van der Waals surface area contributed by atoms with Gasteiger partial charge in [0.05, 0.1) is 0 Å². The number of hydrogen-bond acceptors (Lipinski definition) is 3. The zero-order chi connectivity index (χ0) is 10.4. The Balaban J connectivity index is 2.62. The lowest BCUT2D eigenvalue weighted by molar-refractivity contribution is -0.115. The first-order valence-electron chi connectivity index (χ1n) is 4.49. The average molecular weight is 192 g/mol. The second-order valence-electron chi connectivity index (χ2n) is 2.95. The highest BCUT2D eigenvalue weighted by molar-refractivity contribution is 6.43. The molecule has 0 saturated carbocycles. The Hall–Kier alpha value is -1.48. The molecule has 1 N–H and O–H groups in total. The third-order valence-electron chi connectivity index (χ3n) is 1.85. The number of rotatable bonds is 5. The SMILES string of the molecule is O=C(CCCO)C(=O)c1ccccc1. The maximum Gasteiger partial charge on any atom is 0.228 e. The zero-order valence-electron chi connectivity index (χ0n) is 7.77. The molecule has 0 fully saturated rings. The van der Waals surface area contributed by atoms with E-state index in [1.807, 2.05) is 0 Å². The van der Waals surface area contributed by atoms with Crippen molar-refractivity contribution in [2.24, 2.45) is 0 Å². The minimum absolute atomic E-state index is 0.0617. The highest BCUT2D eigenvalue weighted by Crippen LogP contribution is 2.03. The summed E-state index contributed by atoms with van der Waals surface area (Å²) >= 11 is 0. The van der Waals surface area contributed by atoms with Crippen molar-refractivity contribution in [3.63, 3.8) is 0 Å². The summed E-state index contributed by atoms with van der Waals surface area (Å²) in [6, 6.07) is 8.44. The predicted molar refractivity (Wildman–Crippen MR) is 52.1 cm³/mol. The molecule has 0 amide bonds. The zero-order valence-corrected chi connectivity index (χ0v) is 7.77. The van der Waals surface area contributed by atoms with Gasteiger partial charge < -0.3 is 5.11 Å². The summed E-state index contributed by atoms with van der Waals surface area (Å²) in [6.45, 7) is -0.0617. The van der Waals surface area contributed by atoms with Crippen LogP contribution >= 0.6 is 0 Å². The second kappa shape index (κ2) is 5.29. The quantitative estimate of drug-likeness (QED) is 0.563. The Kier molecular flexibility index (Phi) is 4.01. The van der Waals surface area contributed by atoms with Gasteiger partial charge in [-0.15, -0.1) is 0 Å². The van der Waals surface area contributed by atoms with E-state index in [9.17, 15) is 9.59 Å². The number of aliphatic hydroxyl groups is 1. The first-order chi connectivity index (χ1) is 6.75. The molecule has 0 saturated heterocycles. The second-order valence-corrected chi connectivity index (χ2v) is 2.95. The fraction of sp³-hybridized carbons (Fsp3) is 0.273. The smallest absolute Gasteiger partial charge is 0.228 e. The van der Waals surface area contributed by atoms with E-state index >= 15 is 0 Å². The van der Waals surface area contributed by atoms with Crippen molar-refractivity contribution in [3.05, 3.63) is 35.9 Å². The van der Waals surface area contributed by atoms with E-state index < -0.39 is 11.6 Å². The van der Waals surface area contributed by atoms with Gasteiger partial charge in [0.1, 0.15) is 0 Å². The highest BCUT2D eigenvalue weighted by Gasteiger charge is 2.14. The summed E-state index contributed by atoms with van der Waals surface area (Å²) in [5.74, 6) is -0.913. The van der Waals surface area contributed by atoms with Gasteiger partial charge in [-0.05, 0) is 6.42 Å². The van der Waals surface area contributed by atoms with Gasteiger partial charge in [-0.3, -0.25) is 9.59 Å². The van der Waals surface area contributed by atoms with Crippen LogP contribution in [0.3, 0.4) is 0 Å². The molecule has 0 aliphatic heterocycles. The van der Waals surface area contributed by atoms with Crippen LogP contribution in [0.25, 0.3) is 0 Å². The topological polar surface area (TPSA) is 54.4 Å². The number of carbonyl (C=O) groups is 2. The van der Waals surface area contributed by atoms with E-state index in [4.69, 9.17) is 5.11 Å². The molecule has 3 heteroatoms. The lowest BCUT2D eigenvalue weighted by Gasteiger charge is -1.98. The number of ketones is 2. The molecule has 14 heavy (non-hydrogen) atoms. The van der Waals surface area contributed by atoms with Crippen molar-refractivity contribution in [3.8, 4) is 0 Å². The minimum atomic E-state index is -0.473. The van der Waals surface area contributed by atoms with Gasteiger partial charge in [-0.2, -0.15) is 0 Å². The van der Waals surface area contributed by atoms with Crippen LogP contribution in [-0.2, 0) is 4.79 Å². The Morgan fingerprint density at radius 3 is 2.36 bits per heavy atom. The summed E-state index contributed by atoms with van der Waals surface area (Å²) in [7, 11) is 0. The number of hydrogen-bond donors (Lipinski definition) is 1. The molecule has 0 aromatic heterocycles. The molecule has 1 aromatic carbocycles. The molecule has 1 aromatic rings. The monoisotopic (exact) mass is 192 g/mol. The fourth-order valence-electron chi connectivity index (χ4n) is 1.10. The molecule has 0 heterocycles. The average Bonchev–Trinajstić information content (AvgIpc) is 2.26. The van der Waals surface area contributed by atoms with Crippen LogP contribution in [0.1, 0.15) is 23.2 Å². The van der Waals surface area contributed by atoms with Gasteiger partial charge in [-0.25, -0.2) is 0 Å². The number of aliphatic hydroxyl groups excluding tert-OH is 1. The van der Waals surface area contributed by atoms with Crippen LogP contribution in [0, 0.1) is 0 Å². The van der Waals surface area contributed by atoms with Crippen molar-refractivity contribution in [2.75, 3.05) is 6.61 Å². The Morgan fingerprint density at radius 2 is 1.79 bits per heavy atom. The molecule has 0 radical (unpaired) electrons. The van der Waals surface area contributed by atoms with E-state index in [0.717, 1.165) is 0 Å². The van der Waals surface area contributed by atoms with Gasteiger partial charge >= 0.3 is 0 Å². The van der Waals surface area contributed by atoms with Crippen molar-refractivity contribution in [1.29, 1.82) is 0 Å². The van der Waals surface area contributed by atoms with E-state index in [0.29, 0.717) is 12.0 Å². The van der Waals surface area contributed by atoms with Crippen LogP contribution in [0.5, 0.6) is 0 Å². The molecule has 1 rings (SSSR count). The maximum absolute atomic E-state index is 11.4. The molecule has 0 atom stereocenters. The minimum Gasteiger partial charge on any atom is -0.396 e. The van der Waals surface area contributed by atoms with Crippen LogP contribution in [0.2, 0.25) is 0 Å². The molecule has 74 valence electrons. The first-order valence-corrected chi connectivity index (χ1v) is 4.49. The number of carbonyl (C=O) groups excluding carboxylic acids is 2. The molecule has 0 bridgehead atoms. The Labute approximate surface area is 82.4 Å². The Morgan fingerprint density at radius 1 is 1.14 bits per heavy atom. The van der Waals surface area contributed by atoms with Crippen molar-refractivity contribution < 1.29 is 14.7 Å². The third kappa shape index (κ3) is 2.78. The lowest BCUT2D eigenvalue weighted by atomic mass is 10.0. The van der Waals surface area contributed by atoms with E-state index in [2.05, 4.69) is 0 Å². The molecule has 0 aliphatic carbocycles. The normalized spacial score (nSPS) is 9.79. The molecule has 0 unspecified atom stereocenters. The van der Waals surface area contributed by atoms with Crippen molar-refractivity contribution in [1.82, 2.24) is 0 Å². The fourth-order valence-corrected chi connectivity index (χ4v) is 1.10. The van der Waals surface area contributed by atoms with Gasteiger partial charge in [0.25, 0.3) is 0 Å². The predicted octanol–water partition coefficient (Wildman–Crippen LogP) is 1.21. The molecular weight excluding hydrogens is 180 g/mol. The number of Topliss-reactive ketones (excluding diaryl/α,β-unsaturated/α-hetero) is 2. The molecular formula is C11H12O3. The van der Waals surface area contributed by atoms with Crippen LogP contribution < -0.4 is 0 Å². The van der Waals surface area contributed by atoms with Gasteiger partial charge in [0, 0.05) is 18.6 Å². The van der Waals surface area contributed by atoms with Gasteiger partial charge in [0.2, 0.25) is 11.6 Å². The third-order valence-corrected chi connectivity index (χ3v) is 1.85. The van der Waals surface area contributed by atoms with Crippen molar-refractivity contribution >= 4 is 11.6 Å². The number of benzene rings is 1. The van der Waals surface area contributed by atoms with Gasteiger partial charge in [0.15, 0.2) is 0 Å². The summed E-state index contributed by atoms with van der Waals surface area (Å²) in [5.41, 5.74) is 0.412. The van der Waals surface area contributed by atoms with Crippen LogP contribution in [0.15, 0.2) is 30.3 Å². The van der Waals surface area contributed by atoms with E-state index in [-0.39, 0.29) is 13.0 Å². The maximum atomic E-state index is 11.4. The molecule has 0 spiro atoms. The van der Waals surface area contributed by atoms with Crippen molar-refractivity contribution in [2.45, 2.75) is 12.8 Å². The summed E-state index contributed by atoms with van der Waals surface area (Å²) in [5, 5.41) is 8.50. The first kappa shape index (κ1) is 10.6. The highest BCUT2D eigenvalue weighted by atomic mass is 16.3. The lowest BCUT2D eigenvalue weighted by Crippen LogP contribution is -2.14. The van der Waals surface area contributed by atoms with E-state index in [1.165, 1.54) is 0 Å². The van der Waals surface area contributed by atoms with E-state index in [1.54, 1.807) is 30.3 Å². The van der Waals surface area contributed by atoms with Crippen LogP contribution in [-0.4, -0.2) is 23.3 Å². The standard InChI is InChI=1S/C11H12O3/c12-8-4-7-10(13)11(14)9-5-2-1-3-6-9/h1-3,5-6,12H,4,7-8H2. The summed E-state index contributed by atoms with van der Waals surface area (Å²) in [6.07, 6.45) is 0.460. The largest absolute Gasteiger partial charge is 0.396 e. The summed E-state index contributed by atoms with van der Waals surface area (Å²) < 4.78 is 0. The van der Waals surface area contributed by atoms with Crippen LogP contribution in [0.4, 0.5) is 0 Å².